The lowest BCUT2D eigenvalue weighted by molar-refractivity contribution is -0.132. The van der Waals surface area contributed by atoms with Gasteiger partial charge in [0.05, 0.1) is 17.7 Å². The van der Waals surface area contributed by atoms with E-state index in [9.17, 15) is 4.79 Å². The predicted molar refractivity (Wildman–Crippen MR) is 95.6 cm³/mol. The van der Waals surface area contributed by atoms with E-state index >= 15 is 0 Å². The van der Waals surface area contributed by atoms with Crippen molar-refractivity contribution in [2.45, 2.75) is 25.3 Å². The SMILES string of the molecule is O=C(CC1c2ccccc2-n2cncc21)N1CCc2ccccc2C1. The Balaban J connectivity index is 1.41. The number of carbonyl (C=O) groups is 1. The van der Waals surface area contributed by atoms with Gasteiger partial charge >= 0.3 is 0 Å². The van der Waals surface area contributed by atoms with Crippen molar-refractivity contribution < 1.29 is 4.79 Å². The Labute approximate surface area is 146 Å². The number of rotatable bonds is 2. The summed E-state index contributed by atoms with van der Waals surface area (Å²) >= 11 is 0. The van der Waals surface area contributed by atoms with Crippen molar-refractivity contribution in [3.63, 3.8) is 0 Å². The van der Waals surface area contributed by atoms with Crippen molar-refractivity contribution in [1.82, 2.24) is 14.5 Å². The van der Waals surface area contributed by atoms with E-state index in [1.54, 1.807) is 0 Å². The van der Waals surface area contributed by atoms with Crippen molar-refractivity contribution >= 4 is 5.91 Å². The first kappa shape index (κ1) is 14.5. The smallest absolute Gasteiger partial charge is 0.223 e. The second-order valence-corrected chi connectivity index (χ2v) is 6.84. The highest BCUT2D eigenvalue weighted by atomic mass is 16.2. The first-order chi connectivity index (χ1) is 12.3. The Hall–Kier alpha value is -2.88. The molecule has 3 aromatic rings. The van der Waals surface area contributed by atoms with Crippen LogP contribution in [-0.2, 0) is 17.8 Å². The third-order valence-electron chi connectivity index (χ3n) is 5.46. The van der Waals surface area contributed by atoms with E-state index in [1.165, 1.54) is 16.7 Å². The number of hydrogen-bond acceptors (Lipinski definition) is 2. The molecule has 1 atom stereocenters. The molecule has 124 valence electrons. The summed E-state index contributed by atoms with van der Waals surface area (Å²) in [5.74, 6) is 0.326. The van der Waals surface area contributed by atoms with Gasteiger partial charge in [-0.15, -0.1) is 0 Å². The van der Waals surface area contributed by atoms with Crippen LogP contribution in [0.5, 0.6) is 0 Å². The summed E-state index contributed by atoms with van der Waals surface area (Å²) in [5.41, 5.74) is 6.14. The molecule has 4 nitrogen and oxygen atoms in total. The van der Waals surface area contributed by atoms with Crippen LogP contribution in [0.15, 0.2) is 61.1 Å². The molecule has 1 amide bonds. The van der Waals surface area contributed by atoms with E-state index in [0.717, 1.165) is 30.9 Å². The van der Waals surface area contributed by atoms with Crippen LogP contribution < -0.4 is 0 Å². The van der Waals surface area contributed by atoms with E-state index < -0.39 is 0 Å². The standard InChI is InChI=1S/C21H19N3O/c25-21(23-10-9-15-5-1-2-6-16(15)13-23)11-18-17-7-3-4-8-19(17)24-14-22-12-20(18)24/h1-8,12,14,18H,9-11,13H2. The number of imidazole rings is 1. The summed E-state index contributed by atoms with van der Waals surface area (Å²) < 4.78 is 2.11. The fourth-order valence-electron chi connectivity index (χ4n) is 4.15. The zero-order valence-corrected chi connectivity index (χ0v) is 13.9. The molecule has 2 aliphatic rings. The number of hydrogen-bond donors (Lipinski definition) is 0. The molecule has 1 unspecified atom stereocenters. The van der Waals surface area contributed by atoms with Crippen LogP contribution in [-0.4, -0.2) is 26.9 Å². The molecule has 0 radical (unpaired) electrons. The lowest BCUT2D eigenvalue weighted by Gasteiger charge is -2.29. The van der Waals surface area contributed by atoms with Crippen LogP contribution in [0, 0.1) is 0 Å². The number of fused-ring (bicyclic) bond motifs is 4. The van der Waals surface area contributed by atoms with Crippen LogP contribution in [0.4, 0.5) is 0 Å². The largest absolute Gasteiger partial charge is 0.338 e. The number of benzene rings is 2. The number of aromatic nitrogens is 2. The minimum atomic E-state index is 0.100. The summed E-state index contributed by atoms with van der Waals surface area (Å²) in [6.45, 7) is 1.53. The van der Waals surface area contributed by atoms with Gasteiger partial charge in [-0.25, -0.2) is 4.98 Å². The molecule has 0 fully saturated rings. The van der Waals surface area contributed by atoms with Crippen molar-refractivity contribution in [2.75, 3.05) is 6.54 Å². The Morgan fingerprint density at radius 1 is 1.08 bits per heavy atom. The molecule has 0 saturated heterocycles. The Kier molecular flexibility index (Phi) is 3.23. The first-order valence-electron chi connectivity index (χ1n) is 8.77. The second-order valence-electron chi connectivity index (χ2n) is 6.84. The first-order valence-corrected chi connectivity index (χ1v) is 8.77. The second kappa shape index (κ2) is 5.59. The Morgan fingerprint density at radius 3 is 2.80 bits per heavy atom. The molecule has 1 aromatic heterocycles. The third-order valence-corrected chi connectivity index (χ3v) is 5.46. The summed E-state index contributed by atoms with van der Waals surface area (Å²) in [6, 6.07) is 16.7. The van der Waals surface area contributed by atoms with Crippen molar-refractivity contribution in [3.05, 3.63) is 83.4 Å². The van der Waals surface area contributed by atoms with Crippen LogP contribution in [0.25, 0.3) is 5.69 Å². The maximum Gasteiger partial charge on any atom is 0.223 e. The van der Waals surface area contributed by atoms with Crippen molar-refractivity contribution in [1.29, 1.82) is 0 Å². The fourth-order valence-corrected chi connectivity index (χ4v) is 4.15. The molecule has 2 aliphatic heterocycles. The molecule has 4 heteroatoms. The van der Waals surface area contributed by atoms with Gasteiger partial charge in [-0.05, 0) is 29.2 Å². The highest BCUT2D eigenvalue weighted by molar-refractivity contribution is 5.79. The number of carbonyl (C=O) groups excluding carboxylic acids is 1. The lowest BCUT2D eigenvalue weighted by atomic mass is 9.93. The maximum atomic E-state index is 13.0. The molecule has 25 heavy (non-hydrogen) atoms. The number of nitrogens with zero attached hydrogens (tertiary/aromatic N) is 3. The lowest BCUT2D eigenvalue weighted by Crippen LogP contribution is -2.36. The normalized spacial score (nSPS) is 17.8. The highest BCUT2D eigenvalue weighted by Gasteiger charge is 2.32. The molecule has 0 bridgehead atoms. The van der Waals surface area contributed by atoms with Gasteiger partial charge in [0.2, 0.25) is 5.91 Å². The molecule has 0 spiro atoms. The predicted octanol–water partition coefficient (Wildman–Crippen LogP) is 3.29. The van der Waals surface area contributed by atoms with Crippen LogP contribution >= 0.6 is 0 Å². The van der Waals surface area contributed by atoms with Crippen LogP contribution in [0.1, 0.15) is 34.7 Å². The highest BCUT2D eigenvalue weighted by Crippen LogP contribution is 2.39. The quantitative estimate of drug-likeness (QED) is 0.723. The van der Waals surface area contributed by atoms with E-state index in [2.05, 4.69) is 45.9 Å². The maximum absolute atomic E-state index is 13.0. The summed E-state index contributed by atoms with van der Waals surface area (Å²) in [5, 5.41) is 0. The molecular formula is C21H19N3O. The zero-order valence-electron chi connectivity index (χ0n) is 13.9. The topological polar surface area (TPSA) is 38.1 Å². The van der Waals surface area contributed by atoms with E-state index in [4.69, 9.17) is 0 Å². The van der Waals surface area contributed by atoms with E-state index in [1.807, 2.05) is 29.6 Å². The number of para-hydroxylation sites is 1. The average Bonchev–Trinajstić information content (AvgIpc) is 3.24. The molecule has 0 aliphatic carbocycles. The molecule has 2 aromatic carbocycles. The van der Waals surface area contributed by atoms with Crippen LogP contribution in [0.3, 0.4) is 0 Å². The van der Waals surface area contributed by atoms with Crippen molar-refractivity contribution in [3.8, 4) is 5.69 Å². The Bertz CT molecular complexity index is 959. The van der Waals surface area contributed by atoms with Gasteiger partial charge in [0, 0.05) is 31.6 Å². The van der Waals surface area contributed by atoms with Gasteiger partial charge in [-0.1, -0.05) is 42.5 Å². The molecule has 0 N–H and O–H groups in total. The third kappa shape index (κ3) is 2.29. The minimum Gasteiger partial charge on any atom is -0.338 e. The van der Waals surface area contributed by atoms with Gasteiger partial charge in [-0.2, -0.15) is 0 Å². The molecular weight excluding hydrogens is 310 g/mol. The Morgan fingerprint density at radius 2 is 1.88 bits per heavy atom. The fraction of sp³-hybridized carbons (Fsp3) is 0.238. The molecule has 5 rings (SSSR count). The van der Waals surface area contributed by atoms with Crippen LogP contribution in [0.2, 0.25) is 0 Å². The summed E-state index contributed by atoms with van der Waals surface area (Å²) in [6.07, 6.45) is 5.19. The van der Waals surface area contributed by atoms with E-state index in [-0.39, 0.29) is 11.8 Å². The van der Waals surface area contributed by atoms with Crippen molar-refractivity contribution in [2.24, 2.45) is 0 Å². The molecule has 0 saturated carbocycles. The molecule has 3 heterocycles. The van der Waals surface area contributed by atoms with Gasteiger partial charge in [0.15, 0.2) is 0 Å². The van der Waals surface area contributed by atoms with Gasteiger partial charge in [0.25, 0.3) is 0 Å². The average molecular weight is 329 g/mol. The summed E-state index contributed by atoms with van der Waals surface area (Å²) in [4.78, 5) is 19.3. The monoisotopic (exact) mass is 329 g/mol. The zero-order chi connectivity index (χ0) is 16.8. The number of amides is 1. The minimum absolute atomic E-state index is 0.100. The van der Waals surface area contributed by atoms with E-state index in [0.29, 0.717) is 6.42 Å². The summed E-state index contributed by atoms with van der Waals surface area (Å²) in [7, 11) is 0. The van der Waals surface area contributed by atoms with Gasteiger partial charge in [0.1, 0.15) is 0 Å². The van der Waals surface area contributed by atoms with Gasteiger partial charge in [-0.3, -0.25) is 4.79 Å². The van der Waals surface area contributed by atoms with Gasteiger partial charge < -0.3 is 9.47 Å².